The van der Waals surface area contributed by atoms with Crippen LogP contribution in [-0.4, -0.2) is 37.4 Å². The number of hydrogen-bond acceptors (Lipinski definition) is 7. The lowest BCUT2D eigenvalue weighted by Crippen LogP contribution is -2.13. The van der Waals surface area contributed by atoms with E-state index in [9.17, 15) is 4.79 Å². The van der Waals surface area contributed by atoms with Crippen LogP contribution in [0, 0.1) is 5.92 Å². The molecule has 2 heterocycles. The van der Waals surface area contributed by atoms with E-state index in [1.807, 2.05) is 42.5 Å². The van der Waals surface area contributed by atoms with Gasteiger partial charge in [-0.3, -0.25) is 4.79 Å². The zero-order chi connectivity index (χ0) is 24.4. The molecule has 0 amide bonds. The van der Waals surface area contributed by atoms with E-state index in [0.29, 0.717) is 48.0 Å². The normalized spacial score (nSPS) is 15.0. The summed E-state index contributed by atoms with van der Waals surface area (Å²) in [7, 11) is 3.20. The second-order valence-electron chi connectivity index (χ2n) is 8.66. The molecule has 0 fully saturated rings. The third-order valence-corrected chi connectivity index (χ3v) is 7.42. The molecule has 35 heavy (non-hydrogen) atoms. The summed E-state index contributed by atoms with van der Waals surface area (Å²) in [4.78, 5) is 22.9. The smallest absolute Gasteiger partial charge is 0.260 e. The topological polar surface area (TPSA) is 82.7 Å². The molecular formula is C27H28N2O5S. The average Bonchev–Trinajstić information content (AvgIpc) is 3.24. The number of aromatic nitrogens is 2. The number of rotatable bonds is 8. The van der Waals surface area contributed by atoms with Gasteiger partial charge in [0.25, 0.3) is 5.56 Å². The molecule has 8 heteroatoms. The van der Waals surface area contributed by atoms with Gasteiger partial charge in [-0.25, -0.2) is 4.98 Å². The molecule has 182 valence electrons. The Morgan fingerprint density at radius 2 is 1.71 bits per heavy atom. The summed E-state index contributed by atoms with van der Waals surface area (Å²) in [5.74, 6) is 3.65. The Morgan fingerprint density at radius 1 is 1.00 bits per heavy atom. The Kier molecular flexibility index (Phi) is 6.63. The number of aryl methyl sites for hydroxylation is 1. The summed E-state index contributed by atoms with van der Waals surface area (Å²) >= 11 is 1.64. The van der Waals surface area contributed by atoms with Gasteiger partial charge in [-0.1, -0.05) is 19.1 Å². The summed E-state index contributed by atoms with van der Waals surface area (Å²) in [5.41, 5.74) is 1.86. The van der Waals surface area contributed by atoms with Crippen molar-refractivity contribution in [3.05, 3.63) is 63.3 Å². The molecule has 0 bridgehead atoms. The minimum atomic E-state index is -0.0789. The first-order valence-corrected chi connectivity index (χ1v) is 12.5. The number of fused-ring (bicyclic) bond motifs is 3. The SMILES string of the molecule is COc1ccccc1OCCOc1ccc(-c2nc3sc4c(c3c(=O)[nH]2)CC[C@@H](C)C4)cc1OC. The Bertz CT molecular complexity index is 1410. The molecule has 1 aliphatic rings. The van der Waals surface area contributed by atoms with Crippen molar-refractivity contribution in [1.29, 1.82) is 0 Å². The van der Waals surface area contributed by atoms with Gasteiger partial charge in [-0.05, 0) is 61.1 Å². The number of benzene rings is 2. The lowest BCUT2D eigenvalue weighted by Gasteiger charge is -2.17. The standard InChI is InChI=1S/C27H28N2O5S/c1-16-8-10-18-23(14-16)35-27-24(18)26(30)28-25(29-27)17-9-11-21(22(15-17)32-3)34-13-12-33-20-7-5-4-6-19(20)31-2/h4-7,9,11,15-16H,8,10,12-14H2,1-3H3,(H,28,29,30)/t16-/m1/s1. The Morgan fingerprint density at radius 3 is 2.46 bits per heavy atom. The number of para-hydroxylation sites is 2. The quantitative estimate of drug-likeness (QED) is 0.338. The van der Waals surface area contributed by atoms with E-state index in [4.69, 9.17) is 23.9 Å². The minimum absolute atomic E-state index is 0.0789. The van der Waals surface area contributed by atoms with Gasteiger partial charge >= 0.3 is 0 Å². The number of methoxy groups -OCH3 is 2. The number of H-pyrrole nitrogens is 1. The van der Waals surface area contributed by atoms with Gasteiger partial charge in [0.05, 0.1) is 19.6 Å². The number of nitrogens with one attached hydrogen (secondary N) is 1. The third kappa shape index (κ3) is 4.71. The molecule has 0 aliphatic heterocycles. The highest BCUT2D eigenvalue weighted by Crippen LogP contribution is 2.37. The van der Waals surface area contributed by atoms with E-state index in [1.165, 1.54) is 10.4 Å². The zero-order valence-electron chi connectivity index (χ0n) is 20.1. The minimum Gasteiger partial charge on any atom is -0.493 e. The summed E-state index contributed by atoms with van der Waals surface area (Å²) in [5, 5.41) is 0.752. The fourth-order valence-electron chi connectivity index (χ4n) is 4.46. The van der Waals surface area contributed by atoms with Crippen molar-refractivity contribution in [3.8, 4) is 34.4 Å². The van der Waals surface area contributed by atoms with E-state index in [-0.39, 0.29) is 5.56 Å². The maximum absolute atomic E-state index is 13.0. The predicted molar refractivity (Wildman–Crippen MR) is 137 cm³/mol. The van der Waals surface area contributed by atoms with Crippen LogP contribution >= 0.6 is 11.3 Å². The molecular weight excluding hydrogens is 464 g/mol. The van der Waals surface area contributed by atoms with Crippen LogP contribution in [-0.2, 0) is 12.8 Å². The van der Waals surface area contributed by atoms with Crippen LogP contribution in [0.4, 0.5) is 0 Å². The van der Waals surface area contributed by atoms with Crippen molar-refractivity contribution in [2.24, 2.45) is 5.92 Å². The summed E-state index contributed by atoms with van der Waals surface area (Å²) in [6.07, 6.45) is 3.08. The Hall–Kier alpha value is -3.52. The van der Waals surface area contributed by atoms with E-state index < -0.39 is 0 Å². The molecule has 4 aromatic rings. The van der Waals surface area contributed by atoms with Crippen molar-refractivity contribution in [2.75, 3.05) is 27.4 Å². The second kappa shape index (κ2) is 10.00. The van der Waals surface area contributed by atoms with Crippen LogP contribution in [0.3, 0.4) is 0 Å². The maximum atomic E-state index is 13.0. The van der Waals surface area contributed by atoms with E-state index >= 15 is 0 Å². The highest BCUT2D eigenvalue weighted by atomic mass is 32.1. The maximum Gasteiger partial charge on any atom is 0.260 e. The Balaban J connectivity index is 1.33. The van der Waals surface area contributed by atoms with Crippen LogP contribution in [0.25, 0.3) is 21.6 Å². The molecule has 0 unspecified atom stereocenters. The van der Waals surface area contributed by atoms with E-state index in [1.54, 1.807) is 25.6 Å². The second-order valence-corrected chi connectivity index (χ2v) is 9.74. The van der Waals surface area contributed by atoms with Crippen molar-refractivity contribution in [1.82, 2.24) is 9.97 Å². The average molecular weight is 493 g/mol. The van der Waals surface area contributed by atoms with Gasteiger partial charge in [0.1, 0.15) is 23.9 Å². The summed E-state index contributed by atoms with van der Waals surface area (Å²) < 4.78 is 22.5. The summed E-state index contributed by atoms with van der Waals surface area (Å²) in [6.45, 7) is 2.93. The Labute approximate surface area is 207 Å². The van der Waals surface area contributed by atoms with Crippen LogP contribution in [0.15, 0.2) is 47.3 Å². The molecule has 5 rings (SSSR count). The molecule has 0 spiro atoms. The number of thiophene rings is 1. The first-order chi connectivity index (χ1) is 17.1. The lowest BCUT2D eigenvalue weighted by molar-refractivity contribution is 0.206. The van der Waals surface area contributed by atoms with Crippen LogP contribution in [0.5, 0.6) is 23.0 Å². The molecule has 2 aromatic heterocycles. The first kappa shape index (κ1) is 23.2. The summed E-state index contributed by atoms with van der Waals surface area (Å²) in [6, 6.07) is 13.0. The first-order valence-electron chi connectivity index (χ1n) is 11.7. The molecule has 7 nitrogen and oxygen atoms in total. The van der Waals surface area contributed by atoms with Crippen molar-refractivity contribution >= 4 is 21.6 Å². The highest BCUT2D eigenvalue weighted by Gasteiger charge is 2.23. The van der Waals surface area contributed by atoms with Crippen molar-refractivity contribution < 1.29 is 18.9 Å². The van der Waals surface area contributed by atoms with E-state index in [0.717, 1.165) is 35.0 Å². The molecule has 1 aliphatic carbocycles. The van der Waals surface area contributed by atoms with Crippen LogP contribution in [0.2, 0.25) is 0 Å². The fraction of sp³-hybridized carbons (Fsp3) is 0.333. The molecule has 0 radical (unpaired) electrons. The molecule has 1 atom stereocenters. The largest absolute Gasteiger partial charge is 0.493 e. The molecule has 2 aromatic carbocycles. The van der Waals surface area contributed by atoms with E-state index in [2.05, 4.69) is 11.9 Å². The van der Waals surface area contributed by atoms with Gasteiger partial charge < -0.3 is 23.9 Å². The van der Waals surface area contributed by atoms with Crippen LogP contribution in [0.1, 0.15) is 23.8 Å². The van der Waals surface area contributed by atoms with Gasteiger partial charge in [-0.2, -0.15) is 0 Å². The van der Waals surface area contributed by atoms with Gasteiger partial charge in [0.15, 0.2) is 23.0 Å². The number of ether oxygens (including phenoxy) is 4. The number of aromatic amines is 1. The molecule has 0 saturated heterocycles. The van der Waals surface area contributed by atoms with Gasteiger partial charge in [0.2, 0.25) is 0 Å². The van der Waals surface area contributed by atoms with Gasteiger partial charge in [-0.15, -0.1) is 11.3 Å². The third-order valence-electron chi connectivity index (χ3n) is 6.27. The predicted octanol–water partition coefficient (Wildman–Crippen LogP) is 5.25. The molecule has 0 saturated carbocycles. The fourth-order valence-corrected chi connectivity index (χ4v) is 5.84. The zero-order valence-corrected chi connectivity index (χ0v) is 20.9. The highest BCUT2D eigenvalue weighted by molar-refractivity contribution is 7.18. The van der Waals surface area contributed by atoms with Crippen molar-refractivity contribution in [3.63, 3.8) is 0 Å². The molecule has 1 N–H and O–H groups in total. The lowest BCUT2D eigenvalue weighted by atomic mass is 9.89. The van der Waals surface area contributed by atoms with Crippen LogP contribution < -0.4 is 24.5 Å². The number of nitrogens with zero attached hydrogens (tertiary/aromatic N) is 1. The monoisotopic (exact) mass is 492 g/mol. The number of hydrogen-bond donors (Lipinski definition) is 1. The van der Waals surface area contributed by atoms with Crippen molar-refractivity contribution in [2.45, 2.75) is 26.2 Å². The van der Waals surface area contributed by atoms with Gasteiger partial charge in [0, 0.05) is 10.4 Å².